The van der Waals surface area contributed by atoms with Gasteiger partial charge in [-0.3, -0.25) is 9.69 Å². The minimum Gasteiger partial charge on any atom is -0.363 e. The summed E-state index contributed by atoms with van der Waals surface area (Å²) in [6.45, 7) is 4.83. The van der Waals surface area contributed by atoms with Gasteiger partial charge in [0, 0.05) is 18.5 Å². The van der Waals surface area contributed by atoms with Crippen molar-refractivity contribution in [1.29, 1.82) is 0 Å². The fourth-order valence-electron chi connectivity index (χ4n) is 2.66. The first kappa shape index (κ1) is 14.2. The molecule has 1 aliphatic rings. The Balaban J connectivity index is 1.66. The van der Waals surface area contributed by atoms with E-state index < -0.39 is 5.91 Å². The van der Waals surface area contributed by atoms with Gasteiger partial charge >= 0.3 is 0 Å². The molecule has 1 amide bonds. The molecule has 1 atom stereocenters. The van der Waals surface area contributed by atoms with Gasteiger partial charge in [0.25, 0.3) is 5.91 Å². The Morgan fingerprint density at radius 1 is 1.57 bits per heavy atom. The van der Waals surface area contributed by atoms with Gasteiger partial charge in [-0.15, -0.1) is 16.4 Å². The molecule has 1 unspecified atom stereocenters. The number of aromatic nitrogens is 4. The Morgan fingerprint density at radius 3 is 3.10 bits per heavy atom. The number of primary amides is 1. The SMILES string of the molecule is Cc1nc(CN2CCCC(n3cnc(C(N)=O)n3)C2)cs1. The molecule has 3 rings (SSSR count). The normalized spacial score (nSPS) is 19.8. The number of rotatable bonds is 4. The maximum Gasteiger partial charge on any atom is 0.288 e. The smallest absolute Gasteiger partial charge is 0.288 e. The largest absolute Gasteiger partial charge is 0.363 e. The number of thiazole rings is 1. The highest BCUT2D eigenvalue weighted by Gasteiger charge is 2.23. The minimum absolute atomic E-state index is 0.0854. The highest BCUT2D eigenvalue weighted by Crippen LogP contribution is 2.22. The van der Waals surface area contributed by atoms with Gasteiger partial charge in [0.2, 0.25) is 5.82 Å². The number of carbonyl (C=O) groups excluding carboxylic acids is 1. The molecule has 2 aromatic rings. The molecule has 2 N–H and O–H groups in total. The lowest BCUT2D eigenvalue weighted by Crippen LogP contribution is -2.36. The molecule has 0 saturated carbocycles. The Kier molecular flexibility index (Phi) is 3.98. The first-order valence-corrected chi connectivity index (χ1v) is 7.84. The molecule has 1 saturated heterocycles. The van der Waals surface area contributed by atoms with Crippen LogP contribution in [-0.4, -0.2) is 43.6 Å². The second-order valence-electron chi connectivity index (χ2n) is 5.30. The van der Waals surface area contributed by atoms with Gasteiger partial charge in [-0.2, -0.15) is 0 Å². The average Bonchev–Trinajstić information content (AvgIpc) is 3.08. The number of piperidine rings is 1. The van der Waals surface area contributed by atoms with E-state index in [2.05, 4.69) is 25.3 Å². The Labute approximate surface area is 126 Å². The van der Waals surface area contributed by atoms with Gasteiger partial charge in [-0.1, -0.05) is 0 Å². The lowest BCUT2D eigenvalue weighted by atomic mass is 10.1. The first-order chi connectivity index (χ1) is 10.1. The van der Waals surface area contributed by atoms with Crippen molar-refractivity contribution >= 4 is 17.2 Å². The Hall–Kier alpha value is -1.80. The van der Waals surface area contributed by atoms with E-state index in [1.807, 2.05) is 6.92 Å². The number of carbonyl (C=O) groups is 1. The molecule has 1 fully saturated rings. The lowest BCUT2D eigenvalue weighted by molar-refractivity contribution is 0.0989. The molecule has 1 aliphatic heterocycles. The molecular formula is C13H18N6OS. The first-order valence-electron chi connectivity index (χ1n) is 6.96. The summed E-state index contributed by atoms with van der Waals surface area (Å²) in [6, 6.07) is 0.235. The average molecular weight is 306 g/mol. The van der Waals surface area contributed by atoms with Crippen LogP contribution in [0.5, 0.6) is 0 Å². The van der Waals surface area contributed by atoms with Crippen LogP contribution in [0, 0.1) is 6.92 Å². The van der Waals surface area contributed by atoms with Crippen LogP contribution in [-0.2, 0) is 6.54 Å². The zero-order valence-electron chi connectivity index (χ0n) is 11.9. The summed E-state index contributed by atoms with van der Waals surface area (Å²) >= 11 is 1.68. The molecule has 7 nitrogen and oxygen atoms in total. The summed E-state index contributed by atoms with van der Waals surface area (Å²) in [6.07, 6.45) is 3.73. The van der Waals surface area contributed by atoms with Crippen molar-refractivity contribution < 1.29 is 4.79 Å². The van der Waals surface area contributed by atoms with E-state index in [-0.39, 0.29) is 11.9 Å². The van der Waals surface area contributed by atoms with Gasteiger partial charge in [0.15, 0.2) is 0 Å². The third-order valence-electron chi connectivity index (χ3n) is 3.64. The molecule has 21 heavy (non-hydrogen) atoms. The second-order valence-corrected chi connectivity index (χ2v) is 6.36. The summed E-state index contributed by atoms with van der Waals surface area (Å²) in [5, 5.41) is 7.38. The molecule has 0 bridgehead atoms. The van der Waals surface area contributed by atoms with Gasteiger partial charge in [-0.25, -0.2) is 14.6 Å². The maximum absolute atomic E-state index is 11.1. The van der Waals surface area contributed by atoms with Gasteiger partial charge in [0.1, 0.15) is 6.33 Å². The van der Waals surface area contributed by atoms with E-state index in [0.29, 0.717) is 0 Å². The van der Waals surface area contributed by atoms with Crippen molar-refractivity contribution in [3.63, 3.8) is 0 Å². The van der Waals surface area contributed by atoms with E-state index in [1.165, 1.54) is 0 Å². The van der Waals surface area contributed by atoms with E-state index in [9.17, 15) is 4.79 Å². The van der Waals surface area contributed by atoms with Crippen molar-refractivity contribution in [3.05, 3.63) is 28.2 Å². The monoisotopic (exact) mass is 306 g/mol. The van der Waals surface area contributed by atoms with Crippen molar-refractivity contribution in [2.45, 2.75) is 32.4 Å². The standard InChI is InChI=1S/C13H18N6OS/c1-9-16-10(7-21-9)5-18-4-2-3-11(6-18)19-8-15-13(17-19)12(14)20/h7-8,11H,2-6H2,1H3,(H2,14,20). The van der Waals surface area contributed by atoms with Crippen LogP contribution in [0.2, 0.25) is 0 Å². The topological polar surface area (TPSA) is 89.9 Å². The van der Waals surface area contributed by atoms with Crippen LogP contribution in [0.25, 0.3) is 0 Å². The van der Waals surface area contributed by atoms with Crippen LogP contribution in [0.15, 0.2) is 11.7 Å². The van der Waals surface area contributed by atoms with Crippen LogP contribution in [0.4, 0.5) is 0 Å². The van der Waals surface area contributed by atoms with Gasteiger partial charge in [0.05, 0.1) is 16.7 Å². The number of hydrogen-bond donors (Lipinski definition) is 1. The van der Waals surface area contributed by atoms with Crippen LogP contribution < -0.4 is 5.73 Å². The van der Waals surface area contributed by atoms with E-state index in [0.717, 1.165) is 43.2 Å². The molecule has 0 aliphatic carbocycles. The molecule has 0 spiro atoms. The lowest BCUT2D eigenvalue weighted by Gasteiger charge is -2.32. The van der Waals surface area contributed by atoms with Crippen LogP contribution >= 0.6 is 11.3 Å². The number of likely N-dealkylation sites (tertiary alicyclic amines) is 1. The molecular weight excluding hydrogens is 288 g/mol. The predicted molar refractivity (Wildman–Crippen MR) is 78.9 cm³/mol. The van der Waals surface area contributed by atoms with Crippen molar-refractivity contribution in [2.24, 2.45) is 5.73 Å². The third-order valence-corrected chi connectivity index (χ3v) is 4.46. The summed E-state index contributed by atoms with van der Waals surface area (Å²) in [5.74, 6) is -0.499. The molecule has 2 aromatic heterocycles. The highest BCUT2D eigenvalue weighted by molar-refractivity contribution is 7.09. The Morgan fingerprint density at radius 2 is 2.43 bits per heavy atom. The van der Waals surface area contributed by atoms with E-state index >= 15 is 0 Å². The number of amides is 1. The molecule has 112 valence electrons. The number of nitrogens with two attached hydrogens (primary N) is 1. The highest BCUT2D eigenvalue weighted by atomic mass is 32.1. The van der Waals surface area contributed by atoms with Gasteiger partial charge < -0.3 is 5.73 Å². The third kappa shape index (κ3) is 3.27. The number of aryl methyl sites for hydroxylation is 1. The maximum atomic E-state index is 11.1. The second kappa shape index (κ2) is 5.90. The number of hydrogen-bond acceptors (Lipinski definition) is 6. The van der Waals surface area contributed by atoms with Gasteiger partial charge in [-0.05, 0) is 26.3 Å². The molecule has 3 heterocycles. The molecule has 8 heteroatoms. The summed E-state index contributed by atoms with van der Waals surface area (Å²) in [7, 11) is 0. The number of nitrogens with zero attached hydrogens (tertiary/aromatic N) is 5. The summed E-state index contributed by atoms with van der Waals surface area (Å²) in [5.41, 5.74) is 6.31. The van der Waals surface area contributed by atoms with Crippen LogP contribution in [0.3, 0.4) is 0 Å². The van der Waals surface area contributed by atoms with Crippen molar-refractivity contribution in [3.8, 4) is 0 Å². The zero-order chi connectivity index (χ0) is 14.8. The zero-order valence-corrected chi connectivity index (χ0v) is 12.7. The van der Waals surface area contributed by atoms with E-state index in [1.54, 1.807) is 22.3 Å². The quantitative estimate of drug-likeness (QED) is 0.909. The predicted octanol–water partition coefficient (Wildman–Crippen LogP) is 0.979. The Bertz CT molecular complexity index is 636. The molecule has 0 aromatic carbocycles. The van der Waals surface area contributed by atoms with E-state index in [4.69, 9.17) is 5.73 Å². The fraction of sp³-hybridized carbons (Fsp3) is 0.538. The van der Waals surface area contributed by atoms with Crippen LogP contribution in [0.1, 0.15) is 40.2 Å². The fourth-order valence-corrected chi connectivity index (χ4v) is 3.27. The minimum atomic E-state index is -0.584. The summed E-state index contributed by atoms with van der Waals surface area (Å²) < 4.78 is 1.76. The molecule has 0 radical (unpaired) electrons. The summed E-state index contributed by atoms with van der Waals surface area (Å²) in [4.78, 5) is 21.9. The van der Waals surface area contributed by atoms with Crippen molar-refractivity contribution in [2.75, 3.05) is 13.1 Å². The van der Waals surface area contributed by atoms with Crippen molar-refractivity contribution in [1.82, 2.24) is 24.6 Å².